The van der Waals surface area contributed by atoms with E-state index in [0.717, 1.165) is 31.7 Å². The Labute approximate surface area is 178 Å². The Morgan fingerprint density at radius 2 is 2.07 bits per heavy atom. The van der Waals surface area contributed by atoms with Gasteiger partial charge in [0.2, 0.25) is 0 Å². The van der Waals surface area contributed by atoms with Crippen LogP contribution in [0.2, 0.25) is 0 Å². The van der Waals surface area contributed by atoms with Crippen LogP contribution in [-0.4, -0.2) is 55.3 Å². The lowest BCUT2D eigenvalue weighted by Crippen LogP contribution is -2.45. The van der Waals surface area contributed by atoms with Crippen LogP contribution in [0.3, 0.4) is 0 Å². The number of unbranched alkanes of at least 4 members (excludes halogenated alkanes) is 1. The number of carbonyl (C=O) groups is 2. The molecule has 1 amide bonds. The third-order valence-electron chi connectivity index (χ3n) is 5.70. The normalized spacial score (nSPS) is 24.9. The van der Waals surface area contributed by atoms with Crippen LogP contribution in [0.4, 0.5) is 0 Å². The molecule has 154 valence electrons. The lowest BCUT2D eigenvalue weighted by molar-refractivity contribution is -0.137. The van der Waals surface area contributed by atoms with Gasteiger partial charge < -0.3 is 14.6 Å². The SMILES string of the molecule is O=C(O)CCCCN1C(=O)/C(=C/N2C[C@@H]3C[C@H](C2)c2cccc(=O)n2C3)SC1=S. The summed E-state index contributed by atoms with van der Waals surface area (Å²) in [5.41, 5.74) is 1.15. The molecule has 0 unspecified atom stereocenters. The number of piperidine rings is 1. The van der Waals surface area contributed by atoms with Gasteiger partial charge in [0.25, 0.3) is 11.5 Å². The number of aromatic nitrogens is 1. The van der Waals surface area contributed by atoms with Crippen molar-refractivity contribution in [3.8, 4) is 0 Å². The molecule has 7 nitrogen and oxygen atoms in total. The molecule has 1 aromatic rings. The van der Waals surface area contributed by atoms with Gasteiger partial charge in [-0.1, -0.05) is 30.0 Å². The number of carboxylic acids is 1. The van der Waals surface area contributed by atoms with Gasteiger partial charge in [0.1, 0.15) is 4.32 Å². The van der Waals surface area contributed by atoms with Crippen LogP contribution < -0.4 is 5.56 Å². The van der Waals surface area contributed by atoms with E-state index in [9.17, 15) is 14.4 Å². The highest BCUT2D eigenvalue weighted by molar-refractivity contribution is 8.26. The van der Waals surface area contributed by atoms with Gasteiger partial charge in [0.05, 0.1) is 4.91 Å². The van der Waals surface area contributed by atoms with Crippen molar-refractivity contribution in [1.29, 1.82) is 0 Å². The van der Waals surface area contributed by atoms with Gasteiger partial charge in [0, 0.05) is 56.5 Å². The van der Waals surface area contributed by atoms with Crippen LogP contribution in [0.15, 0.2) is 34.1 Å². The first-order valence-electron chi connectivity index (χ1n) is 9.83. The van der Waals surface area contributed by atoms with E-state index in [0.29, 0.717) is 34.5 Å². The second kappa shape index (κ2) is 8.31. The zero-order valence-electron chi connectivity index (χ0n) is 16.0. The molecule has 3 aliphatic heterocycles. The number of hydrogen-bond donors (Lipinski definition) is 1. The molecule has 4 heterocycles. The molecule has 2 atom stereocenters. The topological polar surface area (TPSA) is 82.8 Å². The maximum Gasteiger partial charge on any atom is 0.303 e. The molecular weight excluding hydrogens is 410 g/mol. The van der Waals surface area contributed by atoms with Crippen molar-refractivity contribution in [1.82, 2.24) is 14.4 Å². The molecule has 0 spiro atoms. The van der Waals surface area contributed by atoms with Crippen molar-refractivity contribution in [2.45, 2.75) is 38.1 Å². The van der Waals surface area contributed by atoms with Gasteiger partial charge in [-0.05, 0) is 31.2 Å². The van der Waals surface area contributed by atoms with Gasteiger partial charge >= 0.3 is 5.97 Å². The van der Waals surface area contributed by atoms with E-state index >= 15 is 0 Å². The zero-order valence-corrected chi connectivity index (χ0v) is 17.6. The maximum absolute atomic E-state index is 12.8. The van der Waals surface area contributed by atoms with Crippen LogP contribution in [0.1, 0.15) is 37.3 Å². The van der Waals surface area contributed by atoms with Crippen molar-refractivity contribution in [2.75, 3.05) is 19.6 Å². The number of carboxylic acid groups (broad SMARTS) is 1. The summed E-state index contributed by atoms with van der Waals surface area (Å²) in [6.45, 7) is 2.78. The molecule has 0 aromatic carbocycles. The third-order valence-corrected chi connectivity index (χ3v) is 7.07. The predicted octanol–water partition coefficient (Wildman–Crippen LogP) is 2.22. The molecule has 4 rings (SSSR count). The molecule has 0 aliphatic carbocycles. The second-order valence-electron chi connectivity index (χ2n) is 7.82. The highest BCUT2D eigenvalue weighted by Crippen LogP contribution is 2.37. The largest absolute Gasteiger partial charge is 0.481 e. The van der Waals surface area contributed by atoms with Gasteiger partial charge in [0.15, 0.2) is 0 Å². The molecule has 2 bridgehead atoms. The standard InChI is InChI=1S/C20H23N3O4S2/c24-17-5-3-4-15-14-8-13(10-23(15)17)9-21(11-14)12-16-19(27)22(20(28)29-16)7-2-1-6-18(25)26/h3-5,12-14H,1-2,6-11H2,(H,25,26)/b16-12-/t13-,14+/m0/s1. The fourth-order valence-electron chi connectivity index (χ4n) is 4.43. The average molecular weight is 434 g/mol. The maximum atomic E-state index is 12.8. The highest BCUT2D eigenvalue weighted by atomic mass is 32.2. The quantitative estimate of drug-likeness (QED) is 0.418. The summed E-state index contributed by atoms with van der Waals surface area (Å²) in [7, 11) is 0. The number of rotatable bonds is 6. The Kier molecular flexibility index (Phi) is 5.78. The summed E-state index contributed by atoms with van der Waals surface area (Å²) < 4.78 is 2.43. The summed E-state index contributed by atoms with van der Waals surface area (Å²) >= 11 is 6.68. The minimum absolute atomic E-state index is 0.0643. The number of hydrogen-bond acceptors (Lipinski definition) is 6. The van der Waals surface area contributed by atoms with Gasteiger partial charge in [-0.25, -0.2) is 0 Å². The second-order valence-corrected chi connectivity index (χ2v) is 9.50. The van der Waals surface area contributed by atoms with Crippen LogP contribution in [-0.2, 0) is 16.1 Å². The van der Waals surface area contributed by atoms with Gasteiger partial charge in [-0.3, -0.25) is 19.3 Å². The fraction of sp³-hybridized carbons (Fsp3) is 0.500. The number of likely N-dealkylation sites (tertiary alicyclic amines) is 1. The zero-order chi connectivity index (χ0) is 20.5. The van der Waals surface area contributed by atoms with Crippen LogP contribution in [0.25, 0.3) is 0 Å². The van der Waals surface area contributed by atoms with Crippen LogP contribution >= 0.6 is 24.0 Å². The van der Waals surface area contributed by atoms with Crippen molar-refractivity contribution < 1.29 is 14.7 Å². The Bertz CT molecular complexity index is 942. The number of fused-ring (bicyclic) bond motifs is 4. The molecule has 2 fully saturated rings. The summed E-state index contributed by atoms with van der Waals surface area (Å²) in [5, 5.41) is 8.73. The number of thiocarbonyl (C=S) groups is 1. The molecule has 9 heteroatoms. The Balaban J connectivity index is 1.43. The molecule has 0 radical (unpaired) electrons. The van der Waals surface area contributed by atoms with Crippen molar-refractivity contribution in [3.05, 3.63) is 45.4 Å². The molecule has 1 aromatic heterocycles. The van der Waals surface area contributed by atoms with Gasteiger partial charge in [-0.15, -0.1) is 0 Å². The van der Waals surface area contributed by atoms with Crippen molar-refractivity contribution >= 4 is 40.2 Å². The highest BCUT2D eigenvalue weighted by Gasteiger charge is 2.36. The lowest BCUT2D eigenvalue weighted by Gasteiger charge is -2.42. The van der Waals surface area contributed by atoms with E-state index in [4.69, 9.17) is 17.3 Å². The monoisotopic (exact) mass is 433 g/mol. The van der Waals surface area contributed by atoms with E-state index in [1.807, 2.05) is 22.9 Å². The number of thioether (sulfide) groups is 1. The van der Waals surface area contributed by atoms with Crippen molar-refractivity contribution in [2.24, 2.45) is 5.92 Å². The lowest BCUT2D eigenvalue weighted by atomic mass is 9.83. The number of nitrogens with zero attached hydrogens (tertiary/aromatic N) is 3. The first kappa shape index (κ1) is 20.2. The van der Waals surface area contributed by atoms with Crippen molar-refractivity contribution in [3.63, 3.8) is 0 Å². The Morgan fingerprint density at radius 3 is 2.86 bits per heavy atom. The van der Waals surface area contributed by atoms with E-state index in [-0.39, 0.29) is 23.8 Å². The number of pyridine rings is 1. The summed E-state index contributed by atoms with van der Waals surface area (Å²) in [6, 6.07) is 5.47. The number of aliphatic carboxylic acids is 1. The Morgan fingerprint density at radius 1 is 1.24 bits per heavy atom. The molecule has 2 saturated heterocycles. The van der Waals surface area contributed by atoms with E-state index in [1.165, 1.54) is 11.8 Å². The molecular formula is C20H23N3O4S2. The minimum atomic E-state index is -0.824. The first-order valence-corrected chi connectivity index (χ1v) is 11.1. The number of carbonyl (C=O) groups excluding carboxylic acids is 1. The molecule has 0 saturated carbocycles. The molecule has 29 heavy (non-hydrogen) atoms. The Hall–Kier alpha value is -2.13. The molecule has 3 aliphatic rings. The predicted molar refractivity (Wildman–Crippen MR) is 115 cm³/mol. The van der Waals surface area contributed by atoms with E-state index < -0.39 is 5.97 Å². The average Bonchev–Trinajstić information content (AvgIpc) is 2.93. The summed E-state index contributed by atoms with van der Waals surface area (Å²) in [4.78, 5) is 39.9. The summed E-state index contributed by atoms with van der Waals surface area (Å²) in [6.07, 6.45) is 4.24. The smallest absolute Gasteiger partial charge is 0.303 e. The van der Waals surface area contributed by atoms with Gasteiger partial charge in [-0.2, -0.15) is 0 Å². The number of amides is 1. The van der Waals surface area contributed by atoms with Crippen LogP contribution in [0, 0.1) is 5.92 Å². The third kappa shape index (κ3) is 4.25. The fourth-order valence-corrected chi connectivity index (χ4v) is 5.75. The van der Waals surface area contributed by atoms with E-state index in [2.05, 4.69) is 4.90 Å². The summed E-state index contributed by atoms with van der Waals surface area (Å²) in [5.74, 6) is -0.245. The minimum Gasteiger partial charge on any atom is -0.481 e. The van der Waals surface area contributed by atoms with Crippen LogP contribution in [0.5, 0.6) is 0 Å². The first-order chi connectivity index (χ1) is 13.9. The van der Waals surface area contributed by atoms with E-state index in [1.54, 1.807) is 11.0 Å². The molecule has 1 N–H and O–H groups in total.